The molecule has 0 amide bonds. The summed E-state index contributed by atoms with van der Waals surface area (Å²) >= 11 is 0. The van der Waals surface area contributed by atoms with Crippen LogP contribution >= 0.6 is 0 Å². The van der Waals surface area contributed by atoms with Crippen molar-refractivity contribution in [2.24, 2.45) is 27.9 Å². The van der Waals surface area contributed by atoms with Crippen LogP contribution in [0.15, 0.2) is 198 Å². The summed E-state index contributed by atoms with van der Waals surface area (Å²) in [6.07, 6.45) is 0. The molecule has 0 saturated carbocycles. The fraction of sp³-hybridized carbons (Fsp3) is 0.111. The third kappa shape index (κ3) is 6.52. The first-order valence-corrected chi connectivity index (χ1v) is 31.0. The van der Waals surface area contributed by atoms with Gasteiger partial charge in [0.15, 0.2) is 0 Å². The number of anilines is 3. The largest absolute Gasteiger partial charge is 0.309 e. The first-order valence-electron chi connectivity index (χ1n) is 22.3. The van der Waals surface area contributed by atoms with E-state index in [1.807, 2.05) is 0 Å². The third-order valence-electron chi connectivity index (χ3n) is 12.6. The van der Waals surface area contributed by atoms with Crippen LogP contribution in [0.2, 0.25) is 39.3 Å². The number of hydrogen-bond donors (Lipinski definition) is 0. The molecule has 1 aromatic heterocycles. The Kier molecular flexibility index (Phi) is 8.74. The highest BCUT2D eigenvalue weighted by molar-refractivity contribution is 6.75. The van der Waals surface area contributed by atoms with E-state index in [4.69, 9.17) is 27.9 Å². The van der Waals surface area contributed by atoms with Gasteiger partial charge in [-0.05, 0) is 98.4 Å². The van der Waals surface area contributed by atoms with Gasteiger partial charge in [0, 0.05) is 33.2 Å². The van der Waals surface area contributed by atoms with Crippen molar-refractivity contribution in [3.63, 3.8) is 0 Å². The summed E-state index contributed by atoms with van der Waals surface area (Å²) in [7, 11) is -7.02. The molecule has 3 aliphatic rings. The first-order chi connectivity index (χ1) is 31.4. The van der Waals surface area contributed by atoms with Crippen LogP contribution in [0.4, 0.5) is 17.1 Å². The fourth-order valence-corrected chi connectivity index (χ4v) is 14.8. The lowest BCUT2D eigenvalue weighted by atomic mass is 9.97. The van der Waals surface area contributed by atoms with Gasteiger partial charge in [0.05, 0.1) is 60.2 Å². The summed E-state index contributed by atoms with van der Waals surface area (Å²) in [4.78, 5) is 2.34. The lowest BCUT2D eigenvalue weighted by Crippen LogP contribution is -2.38. The summed E-state index contributed by atoms with van der Waals surface area (Å²) in [6, 6.07) is 60.9. The Morgan fingerprint density at radius 1 is 0.354 bits per heavy atom. The van der Waals surface area contributed by atoms with Crippen LogP contribution in [0.3, 0.4) is 0 Å². The van der Waals surface area contributed by atoms with Crippen LogP contribution < -0.4 is 37.0 Å². The van der Waals surface area contributed by atoms with Crippen molar-refractivity contribution in [1.82, 2.24) is 4.57 Å². The van der Waals surface area contributed by atoms with E-state index in [0.29, 0.717) is 0 Å². The molecule has 0 spiro atoms. The Bertz CT molecular complexity index is 3870. The van der Waals surface area contributed by atoms with Crippen LogP contribution in [-0.4, -0.2) is 29.8 Å². The van der Waals surface area contributed by atoms with Crippen LogP contribution in [0, 0.1) is 0 Å². The van der Waals surface area contributed by atoms with E-state index in [1.54, 1.807) is 0 Å². The minimum atomic E-state index is -2.43. The molecule has 0 aliphatic carbocycles. The molecule has 9 aromatic rings. The average molecular weight is 891 g/mol. The summed E-state index contributed by atoms with van der Waals surface area (Å²) in [5, 5.41) is 8.02. The van der Waals surface area contributed by atoms with Gasteiger partial charge >= 0.3 is 0 Å². The predicted octanol–water partition coefficient (Wildman–Crippen LogP) is 10.1. The Labute approximate surface area is 379 Å². The summed E-state index contributed by atoms with van der Waals surface area (Å²) in [5.74, 6) is 0. The number of fused-ring (bicyclic) bond motifs is 6. The first kappa shape index (κ1) is 39.4. The number of benzene rings is 8. The Hall–Kier alpha value is -7.19. The van der Waals surface area contributed by atoms with Crippen molar-refractivity contribution in [3.05, 3.63) is 202 Å². The van der Waals surface area contributed by atoms with E-state index in [-0.39, 0.29) is 0 Å². The minimum absolute atomic E-state index is 0.900. The van der Waals surface area contributed by atoms with Crippen molar-refractivity contribution in [3.8, 4) is 39.1 Å². The van der Waals surface area contributed by atoms with E-state index < -0.39 is 25.2 Å². The molecule has 0 N–H and O–H groups in total. The molecular formula is C54H46N8Si3. The topological polar surface area (TPSA) is 82.3 Å². The molecule has 12 rings (SSSR count). The average Bonchev–Trinajstić information content (AvgIpc) is 4.03. The van der Waals surface area contributed by atoms with Gasteiger partial charge in [-0.25, -0.2) is 0 Å². The SMILES string of the molecule is C[Si]1(C)N=c2cccc(N(c3ccc(-c4ccccc4)c4c3=N[Si](C)(C)N=4)c3ccc(-c4ccc(-c5cccc6c7ccccc7n(-c7ccccc7)c56)cc4)c4c3=N[Si](C)(C)N=4)c2=N1. The van der Waals surface area contributed by atoms with E-state index in [9.17, 15) is 0 Å². The highest BCUT2D eigenvalue weighted by Gasteiger charge is 2.33. The summed E-state index contributed by atoms with van der Waals surface area (Å²) in [5.41, 5.74) is 13.1. The monoisotopic (exact) mass is 890 g/mol. The zero-order chi connectivity index (χ0) is 44.2. The standard InChI is InChI=1S/C54H46N8Si3/c1-63(2)55-44-24-16-26-46(51(44)58-63)62(47-33-31-39(35-17-9-7-10-18-35)49-52(47)59-64(3,4)56-49)48-34-32-40(50-53(48)60-65(5,6)57-50)36-27-29-37(30-28-36)41-22-15-23-43-42-21-13-14-25-45(42)61(54(41)43)38-19-11-8-12-20-38/h7-34H,1-6H3. The maximum Gasteiger partial charge on any atom is 0.298 e. The predicted molar refractivity (Wildman–Crippen MR) is 271 cm³/mol. The van der Waals surface area contributed by atoms with E-state index in [1.165, 1.54) is 27.4 Å². The van der Waals surface area contributed by atoms with E-state index in [2.05, 4.69) is 219 Å². The number of nitrogens with zero attached hydrogens (tertiary/aromatic N) is 8. The molecule has 65 heavy (non-hydrogen) atoms. The van der Waals surface area contributed by atoms with Gasteiger partial charge in [-0.2, -0.15) is 0 Å². The minimum Gasteiger partial charge on any atom is -0.309 e. The number of hydrogen-bond acceptors (Lipinski definition) is 7. The molecule has 0 atom stereocenters. The van der Waals surface area contributed by atoms with Gasteiger partial charge in [-0.3, -0.25) is 27.9 Å². The zero-order valence-electron chi connectivity index (χ0n) is 37.2. The fourth-order valence-electron chi connectivity index (χ4n) is 9.99. The molecule has 0 fully saturated rings. The highest BCUT2D eigenvalue weighted by Crippen LogP contribution is 2.39. The van der Waals surface area contributed by atoms with E-state index >= 15 is 0 Å². The van der Waals surface area contributed by atoms with Gasteiger partial charge in [-0.15, -0.1) is 0 Å². The molecule has 8 nitrogen and oxygen atoms in total. The Morgan fingerprint density at radius 3 is 1.48 bits per heavy atom. The molecule has 314 valence electrons. The van der Waals surface area contributed by atoms with Gasteiger partial charge in [-0.1, -0.05) is 127 Å². The maximum atomic E-state index is 5.55. The second-order valence-corrected chi connectivity index (χ2v) is 28.9. The molecular weight excluding hydrogens is 845 g/mol. The molecule has 0 bridgehead atoms. The lowest BCUT2D eigenvalue weighted by molar-refractivity contribution is 1.17. The second kappa shape index (κ2) is 14.4. The molecule has 8 aromatic carbocycles. The van der Waals surface area contributed by atoms with Crippen molar-refractivity contribution in [2.75, 3.05) is 4.90 Å². The molecule has 0 unspecified atom stereocenters. The zero-order valence-corrected chi connectivity index (χ0v) is 40.2. The molecule has 0 radical (unpaired) electrons. The number of para-hydroxylation sites is 3. The molecule has 3 aliphatic heterocycles. The highest BCUT2D eigenvalue weighted by atomic mass is 28.4. The molecule has 11 heteroatoms. The van der Waals surface area contributed by atoms with Gasteiger partial charge in [0.25, 0.3) is 25.2 Å². The smallest absolute Gasteiger partial charge is 0.298 e. The third-order valence-corrected chi connectivity index (χ3v) is 17.2. The van der Waals surface area contributed by atoms with Crippen LogP contribution in [-0.2, 0) is 0 Å². The molecule has 0 saturated heterocycles. The van der Waals surface area contributed by atoms with Crippen LogP contribution in [0.25, 0.3) is 60.9 Å². The van der Waals surface area contributed by atoms with Gasteiger partial charge in [0.1, 0.15) is 0 Å². The van der Waals surface area contributed by atoms with Crippen molar-refractivity contribution in [2.45, 2.75) is 39.3 Å². The van der Waals surface area contributed by atoms with Crippen molar-refractivity contribution < 1.29 is 0 Å². The summed E-state index contributed by atoms with van der Waals surface area (Å²) in [6.45, 7) is 13.2. The van der Waals surface area contributed by atoms with E-state index in [0.717, 1.165) is 82.7 Å². The molecule has 4 heterocycles. The Balaban J connectivity index is 1.05. The maximum absolute atomic E-state index is 5.55. The number of rotatable bonds is 7. The van der Waals surface area contributed by atoms with Gasteiger partial charge < -0.3 is 9.47 Å². The van der Waals surface area contributed by atoms with Gasteiger partial charge in [0.2, 0.25) is 0 Å². The summed E-state index contributed by atoms with van der Waals surface area (Å²) < 4.78 is 34.8. The van der Waals surface area contributed by atoms with Crippen molar-refractivity contribution >= 4 is 64.1 Å². The normalized spacial score (nSPS) is 15.7. The van der Waals surface area contributed by atoms with Crippen LogP contribution in [0.1, 0.15) is 0 Å². The van der Waals surface area contributed by atoms with Crippen molar-refractivity contribution in [1.29, 1.82) is 0 Å². The lowest BCUT2D eigenvalue weighted by Gasteiger charge is -2.26. The second-order valence-electron chi connectivity index (χ2n) is 18.6. The quantitative estimate of drug-likeness (QED) is 0.147. The van der Waals surface area contributed by atoms with Crippen LogP contribution in [0.5, 0.6) is 0 Å². The Morgan fingerprint density at radius 2 is 0.831 bits per heavy atom. The number of aromatic nitrogens is 1.